The number of amides is 2. The zero-order valence-corrected chi connectivity index (χ0v) is 19.1. The summed E-state index contributed by atoms with van der Waals surface area (Å²) in [6.45, 7) is 3.75. The predicted molar refractivity (Wildman–Crippen MR) is 124 cm³/mol. The van der Waals surface area contributed by atoms with Gasteiger partial charge in [0.25, 0.3) is 0 Å². The number of anilines is 1. The van der Waals surface area contributed by atoms with Gasteiger partial charge in [-0.05, 0) is 42.7 Å². The topological polar surface area (TPSA) is 61.9 Å². The zero-order chi connectivity index (χ0) is 21.6. The van der Waals surface area contributed by atoms with E-state index in [1.807, 2.05) is 47.4 Å². The van der Waals surface area contributed by atoms with Crippen molar-refractivity contribution in [2.75, 3.05) is 44.6 Å². The molecule has 31 heavy (non-hydrogen) atoms. The molecule has 164 valence electrons. The Morgan fingerprint density at radius 2 is 1.71 bits per heavy atom. The minimum atomic E-state index is -0.0468. The standard InChI is InChI=1S/C24H28BrN3O3/c25-20-8-6-18(7-9-20)22-16-27(14-15-31-22)17-23(29)28-12-10-19(11-13-28)24(30)26-21-4-2-1-3-5-21/h1-9,19,22H,10-17H2,(H,26,30). The van der Waals surface area contributed by atoms with Gasteiger partial charge in [0.1, 0.15) is 0 Å². The van der Waals surface area contributed by atoms with Gasteiger partial charge in [0, 0.05) is 42.3 Å². The van der Waals surface area contributed by atoms with E-state index in [2.05, 4.69) is 38.3 Å². The smallest absolute Gasteiger partial charge is 0.236 e. The van der Waals surface area contributed by atoms with Gasteiger partial charge >= 0.3 is 0 Å². The quantitative estimate of drug-likeness (QED) is 0.701. The van der Waals surface area contributed by atoms with Crippen molar-refractivity contribution < 1.29 is 14.3 Å². The van der Waals surface area contributed by atoms with E-state index in [0.29, 0.717) is 45.6 Å². The van der Waals surface area contributed by atoms with Crippen LogP contribution >= 0.6 is 15.9 Å². The van der Waals surface area contributed by atoms with Crippen LogP contribution in [0.1, 0.15) is 24.5 Å². The number of nitrogens with one attached hydrogen (secondary N) is 1. The highest BCUT2D eigenvalue weighted by Gasteiger charge is 2.29. The number of carbonyl (C=O) groups is 2. The lowest BCUT2D eigenvalue weighted by Crippen LogP contribution is -2.48. The fraction of sp³-hybridized carbons (Fsp3) is 0.417. The SMILES string of the molecule is O=C(Nc1ccccc1)C1CCN(C(=O)CN2CCOC(c3ccc(Br)cc3)C2)CC1. The Morgan fingerprint density at radius 3 is 2.42 bits per heavy atom. The number of hydrogen-bond donors (Lipinski definition) is 1. The van der Waals surface area contributed by atoms with E-state index in [4.69, 9.17) is 4.74 Å². The van der Waals surface area contributed by atoms with E-state index in [9.17, 15) is 9.59 Å². The first-order chi connectivity index (χ1) is 15.1. The average Bonchev–Trinajstić information content (AvgIpc) is 2.80. The number of likely N-dealkylation sites (tertiary alicyclic amines) is 1. The summed E-state index contributed by atoms with van der Waals surface area (Å²) in [5.74, 6) is 0.136. The molecule has 2 saturated heterocycles. The van der Waals surface area contributed by atoms with Gasteiger partial charge in [-0.25, -0.2) is 0 Å². The van der Waals surface area contributed by atoms with Crippen molar-refractivity contribution >= 4 is 33.4 Å². The number of carbonyl (C=O) groups excluding carboxylic acids is 2. The number of halogens is 1. The van der Waals surface area contributed by atoms with Crippen molar-refractivity contribution in [2.24, 2.45) is 5.92 Å². The van der Waals surface area contributed by atoms with E-state index in [1.54, 1.807) is 0 Å². The van der Waals surface area contributed by atoms with Crippen molar-refractivity contribution in [3.8, 4) is 0 Å². The molecular formula is C24H28BrN3O3. The molecule has 4 rings (SSSR count). The third-order valence-electron chi connectivity index (χ3n) is 6.01. The lowest BCUT2D eigenvalue weighted by molar-refractivity contribution is -0.137. The molecule has 0 radical (unpaired) electrons. The highest BCUT2D eigenvalue weighted by atomic mass is 79.9. The number of ether oxygens (including phenoxy) is 1. The first-order valence-corrected chi connectivity index (χ1v) is 11.6. The number of piperidine rings is 1. The maximum Gasteiger partial charge on any atom is 0.236 e. The summed E-state index contributed by atoms with van der Waals surface area (Å²) < 4.78 is 6.97. The molecule has 1 unspecified atom stereocenters. The Balaban J connectivity index is 1.24. The number of benzene rings is 2. The van der Waals surface area contributed by atoms with Crippen molar-refractivity contribution in [2.45, 2.75) is 18.9 Å². The van der Waals surface area contributed by atoms with Gasteiger partial charge in [0.2, 0.25) is 11.8 Å². The number of rotatable bonds is 5. The Labute approximate surface area is 191 Å². The number of morpholine rings is 1. The third kappa shape index (κ3) is 5.93. The Bertz CT molecular complexity index is 883. The van der Waals surface area contributed by atoms with Crippen LogP contribution in [-0.2, 0) is 14.3 Å². The largest absolute Gasteiger partial charge is 0.371 e. The van der Waals surface area contributed by atoms with Crippen LogP contribution in [0.15, 0.2) is 59.1 Å². The molecule has 0 spiro atoms. The van der Waals surface area contributed by atoms with Gasteiger partial charge in [-0.1, -0.05) is 46.3 Å². The summed E-state index contributed by atoms with van der Waals surface area (Å²) in [5, 5.41) is 2.98. The molecule has 2 aliphatic heterocycles. The third-order valence-corrected chi connectivity index (χ3v) is 6.54. The van der Waals surface area contributed by atoms with E-state index in [0.717, 1.165) is 22.3 Å². The Hall–Kier alpha value is -2.22. The number of para-hydroxylation sites is 1. The molecule has 2 amide bonds. The van der Waals surface area contributed by atoms with Gasteiger partial charge < -0.3 is 15.0 Å². The van der Waals surface area contributed by atoms with Crippen molar-refractivity contribution in [1.82, 2.24) is 9.80 Å². The van der Waals surface area contributed by atoms with Gasteiger partial charge in [0.15, 0.2) is 0 Å². The van der Waals surface area contributed by atoms with Crippen LogP contribution in [0.5, 0.6) is 0 Å². The van der Waals surface area contributed by atoms with Crippen LogP contribution in [0.4, 0.5) is 5.69 Å². The second-order valence-corrected chi connectivity index (χ2v) is 9.07. The molecule has 0 saturated carbocycles. The van der Waals surface area contributed by atoms with Crippen molar-refractivity contribution in [3.05, 3.63) is 64.6 Å². The first-order valence-electron chi connectivity index (χ1n) is 10.8. The van der Waals surface area contributed by atoms with Crippen LogP contribution in [0.3, 0.4) is 0 Å². The molecule has 0 bridgehead atoms. The van der Waals surface area contributed by atoms with Crippen LogP contribution in [-0.4, -0.2) is 60.9 Å². The minimum Gasteiger partial charge on any atom is -0.371 e. The summed E-state index contributed by atoms with van der Waals surface area (Å²) in [4.78, 5) is 29.4. The van der Waals surface area contributed by atoms with Crippen LogP contribution in [0, 0.1) is 5.92 Å². The average molecular weight is 486 g/mol. The van der Waals surface area contributed by atoms with Crippen molar-refractivity contribution in [1.29, 1.82) is 0 Å². The molecule has 2 aromatic carbocycles. The Morgan fingerprint density at radius 1 is 1.00 bits per heavy atom. The van der Waals surface area contributed by atoms with E-state index in [1.165, 1.54) is 0 Å². The highest BCUT2D eigenvalue weighted by Crippen LogP contribution is 2.24. The summed E-state index contributed by atoms with van der Waals surface area (Å²) in [6, 6.07) is 17.7. The fourth-order valence-corrected chi connectivity index (χ4v) is 4.44. The highest BCUT2D eigenvalue weighted by molar-refractivity contribution is 9.10. The predicted octanol–water partition coefficient (Wildman–Crippen LogP) is 3.70. The van der Waals surface area contributed by atoms with Crippen LogP contribution in [0.25, 0.3) is 0 Å². The second-order valence-electron chi connectivity index (χ2n) is 8.16. The van der Waals surface area contributed by atoms with Crippen molar-refractivity contribution in [3.63, 3.8) is 0 Å². The molecule has 6 nitrogen and oxygen atoms in total. The molecule has 2 fully saturated rings. The molecule has 2 aliphatic rings. The monoisotopic (exact) mass is 485 g/mol. The van der Waals surface area contributed by atoms with Gasteiger partial charge in [-0.2, -0.15) is 0 Å². The maximum atomic E-state index is 12.9. The molecular weight excluding hydrogens is 458 g/mol. The van der Waals surface area contributed by atoms with E-state index in [-0.39, 0.29) is 23.8 Å². The molecule has 1 atom stereocenters. The van der Waals surface area contributed by atoms with Gasteiger partial charge in [-0.15, -0.1) is 0 Å². The molecule has 7 heteroatoms. The van der Waals surface area contributed by atoms with Crippen LogP contribution < -0.4 is 5.32 Å². The maximum absolute atomic E-state index is 12.9. The van der Waals surface area contributed by atoms with Gasteiger partial charge in [-0.3, -0.25) is 14.5 Å². The molecule has 1 N–H and O–H groups in total. The summed E-state index contributed by atoms with van der Waals surface area (Å²) in [6.07, 6.45) is 1.39. The lowest BCUT2D eigenvalue weighted by atomic mass is 9.95. The molecule has 2 aromatic rings. The summed E-state index contributed by atoms with van der Waals surface area (Å²) in [7, 11) is 0. The lowest BCUT2D eigenvalue weighted by Gasteiger charge is -2.36. The molecule has 0 aromatic heterocycles. The zero-order valence-electron chi connectivity index (χ0n) is 17.5. The normalized spacial score (nSPS) is 20.4. The first kappa shape index (κ1) is 22.0. The summed E-state index contributed by atoms with van der Waals surface area (Å²) >= 11 is 3.46. The number of hydrogen-bond acceptors (Lipinski definition) is 4. The molecule has 0 aliphatic carbocycles. The Kier molecular flexibility index (Phi) is 7.37. The summed E-state index contributed by atoms with van der Waals surface area (Å²) in [5.41, 5.74) is 1.95. The minimum absolute atomic E-state index is 0.0120. The van der Waals surface area contributed by atoms with Crippen LogP contribution in [0.2, 0.25) is 0 Å². The molecule has 2 heterocycles. The second kappa shape index (κ2) is 10.4. The van der Waals surface area contributed by atoms with Gasteiger partial charge in [0.05, 0.1) is 19.3 Å². The fourth-order valence-electron chi connectivity index (χ4n) is 4.17. The van der Waals surface area contributed by atoms with E-state index >= 15 is 0 Å². The number of nitrogens with zero attached hydrogens (tertiary/aromatic N) is 2. The van der Waals surface area contributed by atoms with E-state index < -0.39 is 0 Å².